The van der Waals surface area contributed by atoms with Crippen molar-refractivity contribution in [1.82, 2.24) is 4.90 Å². The van der Waals surface area contributed by atoms with Crippen molar-refractivity contribution in [3.8, 4) is 0 Å². The fraction of sp³-hybridized carbons (Fsp3) is 0.833. The lowest BCUT2D eigenvalue weighted by Crippen LogP contribution is -2.25. The van der Waals surface area contributed by atoms with Gasteiger partial charge >= 0.3 is 0 Å². The van der Waals surface area contributed by atoms with Gasteiger partial charge in [-0.15, -0.1) is 0 Å². The zero-order chi connectivity index (χ0) is 6.85. The maximum atomic E-state index is 10.7. The van der Waals surface area contributed by atoms with E-state index in [0.29, 0.717) is 4.83 Å². The average molecular weight is 192 g/mol. The van der Waals surface area contributed by atoms with Crippen LogP contribution in [0, 0.1) is 0 Å². The molecule has 0 bridgehead atoms. The molecule has 1 aliphatic rings. The fourth-order valence-electron chi connectivity index (χ4n) is 1.00. The van der Waals surface area contributed by atoms with E-state index in [1.165, 1.54) is 0 Å². The van der Waals surface area contributed by atoms with Gasteiger partial charge in [0.1, 0.15) is 0 Å². The Morgan fingerprint density at radius 3 is 2.67 bits per heavy atom. The van der Waals surface area contributed by atoms with E-state index in [1.54, 1.807) is 6.92 Å². The van der Waals surface area contributed by atoms with Gasteiger partial charge in [-0.1, -0.05) is 15.9 Å². The van der Waals surface area contributed by atoms with Gasteiger partial charge in [-0.2, -0.15) is 0 Å². The van der Waals surface area contributed by atoms with Crippen LogP contribution in [-0.2, 0) is 4.79 Å². The smallest absolute Gasteiger partial charge is 0.219 e. The Balaban J connectivity index is 2.39. The summed E-state index contributed by atoms with van der Waals surface area (Å²) in [6.07, 6.45) is 1.10. The molecule has 1 rings (SSSR count). The lowest BCUT2D eigenvalue weighted by Gasteiger charge is -2.10. The summed E-state index contributed by atoms with van der Waals surface area (Å²) >= 11 is 3.45. The number of amides is 1. The van der Waals surface area contributed by atoms with Crippen molar-refractivity contribution in [3.63, 3.8) is 0 Å². The molecule has 0 aliphatic carbocycles. The van der Waals surface area contributed by atoms with Crippen molar-refractivity contribution in [2.75, 3.05) is 13.1 Å². The molecule has 1 atom stereocenters. The molecular formula is C6H10BrNO. The van der Waals surface area contributed by atoms with Crippen molar-refractivity contribution in [1.29, 1.82) is 0 Å². The number of rotatable bonds is 0. The maximum absolute atomic E-state index is 10.7. The predicted molar refractivity (Wildman–Crippen MR) is 39.6 cm³/mol. The molecule has 3 heteroatoms. The zero-order valence-corrected chi connectivity index (χ0v) is 7.02. The van der Waals surface area contributed by atoms with Crippen molar-refractivity contribution in [2.45, 2.75) is 18.2 Å². The Morgan fingerprint density at radius 2 is 2.44 bits per heavy atom. The molecule has 1 saturated heterocycles. The summed E-state index contributed by atoms with van der Waals surface area (Å²) < 4.78 is 0. The van der Waals surface area contributed by atoms with Gasteiger partial charge in [0, 0.05) is 24.8 Å². The van der Waals surface area contributed by atoms with Gasteiger partial charge in [0.15, 0.2) is 0 Å². The number of carbonyl (C=O) groups is 1. The highest BCUT2D eigenvalue weighted by molar-refractivity contribution is 9.09. The molecule has 1 amide bonds. The van der Waals surface area contributed by atoms with E-state index in [4.69, 9.17) is 0 Å². The highest BCUT2D eigenvalue weighted by Gasteiger charge is 2.20. The number of alkyl halides is 1. The molecule has 2 nitrogen and oxygen atoms in total. The second-order valence-electron chi connectivity index (χ2n) is 2.35. The van der Waals surface area contributed by atoms with Crippen LogP contribution in [0.4, 0.5) is 0 Å². The number of nitrogens with zero attached hydrogens (tertiary/aromatic N) is 1. The summed E-state index contributed by atoms with van der Waals surface area (Å²) in [5.41, 5.74) is 0. The first-order valence-electron chi connectivity index (χ1n) is 3.09. The highest BCUT2D eigenvalue weighted by atomic mass is 79.9. The van der Waals surface area contributed by atoms with Crippen LogP contribution in [0.1, 0.15) is 13.3 Å². The third-order valence-electron chi connectivity index (χ3n) is 1.58. The summed E-state index contributed by atoms with van der Waals surface area (Å²) in [6, 6.07) is 0. The summed E-state index contributed by atoms with van der Waals surface area (Å²) in [5, 5.41) is 0. The molecule has 9 heavy (non-hydrogen) atoms. The number of likely N-dealkylation sites (tertiary alicyclic amines) is 1. The van der Waals surface area contributed by atoms with E-state index >= 15 is 0 Å². The lowest BCUT2D eigenvalue weighted by molar-refractivity contribution is -0.127. The van der Waals surface area contributed by atoms with Crippen molar-refractivity contribution in [2.24, 2.45) is 0 Å². The van der Waals surface area contributed by atoms with Crippen LogP contribution in [0.3, 0.4) is 0 Å². The molecule has 0 spiro atoms. The Bertz CT molecular complexity index is 126. The van der Waals surface area contributed by atoms with Gasteiger partial charge in [0.2, 0.25) is 5.91 Å². The van der Waals surface area contributed by atoms with E-state index in [9.17, 15) is 4.79 Å². The minimum atomic E-state index is 0.192. The first-order chi connectivity index (χ1) is 4.20. The molecule has 0 unspecified atom stereocenters. The number of hydrogen-bond donors (Lipinski definition) is 0. The Labute approximate surface area is 63.3 Å². The standard InChI is InChI=1S/C6H10BrNO/c1-5(9)8-3-2-6(7)4-8/h6H,2-4H2,1H3/t6-/m0/s1. The predicted octanol–water partition coefficient (Wildman–Crippen LogP) is 1.00. The second-order valence-corrected chi connectivity index (χ2v) is 3.65. The van der Waals surface area contributed by atoms with Crippen LogP contribution in [0.25, 0.3) is 0 Å². The highest BCUT2D eigenvalue weighted by Crippen LogP contribution is 2.15. The molecule has 1 heterocycles. The van der Waals surface area contributed by atoms with Crippen molar-refractivity contribution in [3.05, 3.63) is 0 Å². The van der Waals surface area contributed by atoms with Gasteiger partial charge in [-0.05, 0) is 6.42 Å². The molecule has 1 aliphatic heterocycles. The van der Waals surface area contributed by atoms with E-state index in [2.05, 4.69) is 15.9 Å². The molecule has 0 N–H and O–H groups in total. The monoisotopic (exact) mass is 191 g/mol. The SMILES string of the molecule is CC(=O)N1CC[C@H](Br)C1. The van der Waals surface area contributed by atoms with Gasteiger partial charge < -0.3 is 4.90 Å². The Kier molecular flexibility index (Phi) is 2.11. The van der Waals surface area contributed by atoms with E-state index in [0.717, 1.165) is 19.5 Å². The summed E-state index contributed by atoms with van der Waals surface area (Å²) in [7, 11) is 0. The molecule has 0 saturated carbocycles. The van der Waals surface area contributed by atoms with E-state index < -0.39 is 0 Å². The van der Waals surface area contributed by atoms with Crippen LogP contribution >= 0.6 is 15.9 Å². The van der Waals surface area contributed by atoms with Gasteiger partial charge in [0.05, 0.1) is 0 Å². The molecule has 1 fully saturated rings. The van der Waals surface area contributed by atoms with Crippen LogP contribution < -0.4 is 0 Å². The van der Waals surface area contributed by atoms with Crippen LogP contribution in [-0.4, -0.2) is 28.7 Å². The molecular weight excluding hydrogens is 182 g/mol. The van der Waals surface area contributed by atoms with Gasteiger partial charge in [-0.3, -0.25) is 4.79 Å². The second kappa shape index (κ2) is 2.69. The number of hydrogen-bond acceptors (Lipinski definition) is 1. The fourth-order valence-corrected chi connectivity index (χ4v) is 1.56. The molecule has 52 valence electrons. The summed E-state index contributed by atoms with van der Waals surface area (Å²) in [6.45, 7) is 3.42. The quantitative estimate of drug-likeness (QED) is 0.524. The van der Waals surface area contributed by atoms with Crippen LogP contribution in [0.5, 0.6) is 0 Å². The number of halogens is 1. The third kappa shape index (κ3) is 1.68. The van der Waals surface area contributed by atoms with Crippen molar-refractivity contribution < 1.29 is 4.79 Å². The minimum Gasteiger partial charge on any atom is -0.342 e. The summed E-state index contributed by atoms with van der Waals surface area (Å²) in [4.78, 5) is 13.1. The lowest BCUT2D eigenvalue weighted by atomic mass is 10.4. The largest absolute Gasteiger partial charge is 0.342 e. The first kappa shape index (κ1) is 7.06. The van der Waals surface area contributed by atoms with Gasteiger partial charge in [-0.25, -0.2) is 0 Å². The summed E-state index contributed by atoms with van der Waals surface area (Å²) in [5.74, 6) is 0.192. The molecule has 0 radical (unpaired) electrons. The Morgan fingerprint density at radius 1 is 1.78 bits per heavy atom. The Hall–Kier alpha value is -0.0500. The van der Waals surface area contributed by atoms with Gasteiger partial charge in [0.25, 0.3) is 0 Å². The van der Waals surface area contributed by atoms with Crippen molar-refractivity contribution >= 4 is 21.8 Å². The zero-order valence-electron chi connectivity index (χ0n) is 5.43. The number of carbonyl (C=O) groups excluding carboxylic acids is 1. The topological polar surface area (TPSA) is 20.3 Å². The molecule has 0 aromatic carbocycles. The average Bonchev–Trinajstić information content (AvgIpc) is 2.14. The van der Waals surface area contributed by atoms with E-state index in [1.807, 2.05) is 4.90 Å². The van der Waals surface area contributed by atoms with E-state index in [-0.39, 0.29) is 5.91 Å². The third-order valence-corrected chi connectivity index (χ3v) is 2.32. The first-order valence-corrected chi connectivity index (χ1v) is 4.01. The molecule has 0 aromatic heterocycles. The van der Waals surface area contributed by atoms with Crippen LogP contribution in [0.15, 0.2) is 0 Å². The normalized spacial score (nSPS) is 26.9. The molecule has 0 aromatic rings. The minimum absolute atomic E-state index is 0.192. The van der Waals surface area contributed by atoms with Crippen LogP contribution in [0.2, 0.25) is 0 Å². The maximum Gasteiger partial charge on any atom is 0.219 e.